The summed E-state index contributed by atoms with van der Waals surface area (Å²) in [5, 5.41) is 19.4. The lowest BCUT2D eigenvalue weighted by Crippen LogP contribution is -2.36. The molecule has 0 fully saturated rings. The third-order valence-electron chi connectivity index (χ3n) is 3.99. The maximum atomic E-state index is 9.71. The molecule has 0 heterocycles. The molecule has 3 aromatic carbocycles. The quantitative estimate of drug-likeness (QED) is 0.687. The molecular formula is C20H20BNO2. The van der Waals surface area contributed by atoms with Gasteiger partial charge >= 0.3 is 7.12 Å². The van der Waals surface area contributed by atoms with Crippen LogP contribution in [0.3, 0.4) is 0 Å². The summed E-state index contributed by atoms with van der Waals surface area (Å²) < 4.78 is 0. The molecule has 0 aromatic heterocycles. The van der Waals surface area contributed by atoms with Crippen molar-refractivity contribution in [2.24, 2.45) is 0 Å². The lowest BCUT2D eigenvalue weighted by Gasteiger charge is -2.27. The van der Waals surface area contributed by atoms with Crippen LogP contribution in [0.2, 0.25) is 0 Å². The van der Waals surface area contributed by atoms with Gasteiger partial charge in [-0.15, -0.1) is 0 Å². The summed E-state index contributed by atoms with van der Waals surface area (Å²) in [5.41, 5.74) is 3.70. The summed E-state index contributed by atoms with van der Waals surface area (Å²) in [6.07, 6.45) is 0. The van der Waals surface area contributed by atoms with E-state index in [1.54, 1.807) is 6.07 Å². The van der Waals surface area contributed by atoms with E-state index in [2.05, 4.69) is 29.2 Å². The Hall–Kier alpha value is -2.56. The molecule has 0 spiro atoms. The van der Waals surface area contributed by atoms with Crippen LogP contribution >= 0.6 is 0 Å². The topological polar surface area (TPSA) is 43.7 Å². The van der Waals surface area contributed by atoms with E-state index < -0.39 is 7.12 Å². The van der Waals surface area contributed by atoms with Gasteiger partial charge in [-0.25, -0.2) is 0 Å². The Morgan fingerprint density at radius 2 is 1.08 bits per heavy atom. The minimum atomic E-state index is -1.49. The zero-order valence-electron chi connectivity index (χ0n) is 13.4. The SMILES string of the molecule is OB(O)c1ccccc1N(Cc1ccccc1)Cc1ccccc1. The van der Waals surface area contributed by atoms with E-state index in [-0.39, 0.29) is 0 Å². The Morgan fingerprint density at radius 3 is 1.58 bits per heavy atom. The van der Waals surface area contributed by atoms with E-state index >= 15 is 0 Å². The van der Waals surface area contributed by atoms with Gasteiger partial charge in [-0.3, -0.25) is 0 Å². The molecule has 24 heavy (non-hydrogen) atoms. The number of rotatable bonds is 6. The van der Waals surface area contributed by atoms with Crippen molar-refractivity contribution in [3.05, 3.63) is 96.1 Å². The predicted molar refractivity (Wildman–Crippen MR) is 99.0 cm³/mol. The third kappa shape index (κ3) is 4.04. The fraction of sp³-hybridized carbons (Fsp3) is 0.100. The minimum absolute atomic E-state index is 0.518. The maximum Gasteiger partial charge on any atom is 0.490 e. The number of anilines is 1. The van der Waals surface area contributed by atoms with E-state index in [9.17, 15) is 10.0 Å². The molecule has 4 heteroatoms. The minimum Gasteiger partial charge on any atom is -0.423 e. The molecule has 0 atom stereocenters. The summed E-state index contributed by atoms with van der Waals surface area (Å²) in [7, 11) is -1.49. The van der Waals surface area contributed by atoms with Crippen molar-refractivity contribution in [1.82, 2.24) is 0 Å². The fourth-order valence-electron chi connectivity index (χ4n) is 2.83. The number of benzene rings is 3. The van der Waals surface area contributed by atoms with Gasteiger partial charge in [0.15, 0.2) is 0 Å². The highest BCUT2D eigenvalue weighted by Crippen LogP contribution is 2.19. The standard InChI is InChI=1S/C20H20BNO2/c23-21(24)19-13-7-8-14-20(19)22(15-17-9-3-1-4-10-17)16-18-11-5-2-6-12-18/h1-14,23-24H,15-16H2. The monoisotopic (exact) mass is 317 g/mol. The first-order valence-electron chi connectivity index (χ1n) is 8.02. The zero-order valence-corrected chi connectivity index (χ0v) is 13.4. The summed E-state index contributed by atoms with van der Waals surface area (Å²) in [6.45, 7) is 1.39. The summed E-state index contributed by atoms with van der Waals surface area (Å²) in [6, 6.07) is 27.8. The van der Waals surface area contributed by atoms with Crippen molar-refractivity contribution >= 4 is 18.3 Å². The first kappa shape index (κ1) is 16.3. The van der Waals surface area contributed by atoms with Crippen LogP contribution in [0.15, 0.2) is 84.9 Å². The van der Waals surface area contributed by atoms with Crippen LogP contribution in [0.5, 0.6) is 0 Å². The molecule has 0 aliphatic rings. The number of para-hydroxylation sites is 1. The molecule has 2 N–H and O–H groups in total. The highest BCUT2D eigenvalue weighted by atomic mass is 16.4. The molecule has 0 saturated carbocycles. The van der Waals surface area contributed by atoms with E-state index in [4.69, 9.17) is 0 Å². The van der Waals surface area contributed by atoms with Crippen molar-refractivity contribution in [3.63, 3.8) is 0 Å². The molecule has 0 saturated heterocycles. The third-order valence-corrected chi connectivity index (χ3v) is 3.99. The number of nitrogens with zero attached hydrogens (tertiary/aromatic N) is 1. The Morgan fingerprint density at radius 1 is 0.625 bits per heavy atom. The van der Waals surface area contributed by atoms with Gasteiger partial charge in [0.25, 0.3) is 0 Å². The molecule has 0 aliphatic carbocycles. The van der Waals surface area contributed by atoms with Gasteiger partial charge in [0.05, 0.1) is 0 Å². The van der Waals surface area contributed by atoms with E-state index in [1.807, 2.05) is 54.6 Å². The molecule has 0 radical (unpaired) electrons. The van der Waals surface area contributed by atoms with Crippen LogP contribution in [-0.2, 0) is 13.1 Å². The zero-order chi connectivity index (χ0) is 16.8. The average molecular weight is 317 g/mol. The smallest absolute Gasteiger partial charge is 0.423 e. The molecule has 0 amide bonds. The van der Waals surface area contributed by atoms with Crippen molar-refractivity contribution in [2.45, 2.75) is 13.1 Å². The molecule has 3 aromatic rings. The lowest BCUT2D eigenvalue weighted by molar-refractivity contribution is 0.425. The molecule has 0 aliphatic heterocycles. The summed E-state index contributed by atoms with van der Waals surface area (Å²) in [4.78, 5) is 2.17. The molecule has 0 unspecified atom stereocenters. The van der Waals surface area contributed by atoms with Gasteiger partial charge in [-0.2, -0.15) is 0 Å². The second kappa shape index (κ2) is 7.82. The van der Waals surface area contributed by atoms with Gasteiger partial charge in [0.1, 0.15) is 0 Å². The maximum absolute atomic E-state index is 9.71. The Balaban J connectivity index is 1.95. The van der Waals surface area contributed by atoms with Gasteiger partial charge in [0, 0.05) is 24.2 Å². The largest absolute Gasteiger partial charge is 0.490 e. The van der Waals surface area contributed by atoms with Crippen LogP contribution in [-0.4, -0.2) is 17.2 Å². The van der Waals surface area contributed by atoms with Gasteiger partial charge in [-0.1, -0.05) is 78.9 Å². The Kier molecular flexibility index (Phi) is 5.31. The summed E-state index contributed by atoms with van der Waals surface area (Å²) in [5.74, 6) is 0. The molecular weight excluding hydrogens is 297 g/mol. The average Bonchev–Trinajstić information content (AvgIpc) is 2.63. The Bertz CT molecular complexity index is 721. The highest BCUT2D eigenvalue weighted by Gasteiger charge is 2.19. The van der Waals surface area contributed by atoms with Gasteiger partial charge in [0.2, 0.25) is 0 Å². The van der Waals surface area contributed by atoms with Crippen LogP contribution in [0.4, 0.5) is 5.69 Å². The van der Waals surface area contributed by atoms with Crippen LogP contribution < -0.4 is 10.4 Å². The molecule has 0 bridgehead atoms. The molecule has 3 nitrogen and oxygen atoms in total. The van der Waals surface area contributed by atoms with Crippen LogP contribution in [0.1, 0.15) is 11.1 Å². The molecule has 3 rings (SSSR count). The van der Waals surface area contributed by atoms with Crippen LogP contribution in [0, 0.1) is 0 Å². The normalized spacial score (nSPS) is 10.4. The predicted octanol–water partition coefficient (Wildman–Crippen LogP) is 2.57. The van der Waals surface area contributed by atoms with Crippen molar-refractivity contribution < 1.29 is 10.0 Å². The fourth-order valence-corrected chi connectivity index (χ4v) is 2.83. The Labute approximate surface area is 143 Å². The second-order valence-corrected chi connectivity index (χ2v) is 5.76. The number of hydrogen-bond donors (Lipinski definition) is 2. The van der Waals surface area contributed by atoms with E-state index in [0.717, 1.165) is 5.69 Å². The molecule has 120 valence electrons. The van der Waals surface area contributed by atoms with Crippen LogP contribution in [0.25, 0.3) is 0 Å². The van der Waals surface area contributed by atoms with Crippen molar-refractivity contribution in [2.75, 3.05) is 4.90 Å². The number of hydrogen-bond acceptors (Lipinski definition) is 3. The van der Waals surface area contributed by atoms with E-state index in [1.165, 1.54) is 11.1 Å². The highest BCUT2D eigenvalue weighted by molar-refractivity contribution is 6.60. The van der Waals surface area contributed by atoms with Crippen molar-refractivity contribution in [1.29, 1.82) is 0 Å². The summed E-state index contributed by atoms with van der Waals surface area (Å²) >= 11 is 0. The first-order chi connectivity index (χ1) is 11.7. The first-order valence-corrected chi connectivity index (χ1v) is 8.02. The van der Waals surface area contributed by atoms with Crippen molar-refractivity contribution in [3.8, 4) is 0 Å². The van der Waals surface area contributed by atoms with Gasteiger partial charge in [-0.05, 0) is 17.2 Å². The van der Waals surface area contributed by atoms with Gasteiger partial charge < -0.3 is 14.9 Å². The lowest BCUT2D eigenvalue weighted by atomic mass is 9.78. The van der Waals surface area contributed by atoms with E-state index in [0.29, 0.717) is 18.6 Å². The second-order valence-electron chi connectivity index (χ2n) is 5.76.